The van der Waals surface area contributed by atoms with Crippen LogP contribution in [0.1, 0.15) is 58.5 Å². The molecule has 0 fully saturated rings. The van der Waals surface area contributed by atoms with Crippen LogP contribution >= 0.6 is 0 Å². The van der Waals surface area contributed by atoms with E-state index in [-0.39, 0.29) is 10.8 Å². The molecule has 0 spiro atoms. The zero-order chi connectivity index (χ0) is 12.6. The van der Waals surface area contributed by atoms with Gasteiger partial charge in [-0.1, -0.05) is 41.5 Å². The molecule has 2 N–H and O–H groups in total. The van der Waals surface area contributed by atoms with Crippen molar-refractivity contribution >= 4 is 0 Å². The Morgan fingerprint density at radius 3 is 1.94 bits per heavy atom. The van der Waals surface area contributed by atoms with Gasteiger partial charge in [-0.05, 0) is 23.1 Å². The van der Waals surface area contributed by atoms with Crippen molar-refractivity contribution in [3.8, 4) is 0 Å². The summed E-state index contributed by atoms with van der Waals surface area (Å²) in [5.74, 6) is 0. The van der Waals surface area contributed by atoms with Crippen molar-refractivity contribution in [1.82, 2.24) is 4.98 Å². The quantitative estimate of drug-likeness (QED) is 0.789. The van der Waals surface area contributed by atoms with Crippen molar-refractivity contribution in [3.63, 3.8) is 0 Å². The highest BCUT2D eigenvalue weighted by atomic mass is 14.8. The van der Waals surface area contributed by atoms with Crippen LogP contribution in [0.2, 0.25) is 0 Å². The summed E-state index contributed by atoms with van der Waals surface area (Å²) in [7, 11) is 0. The van der Waals surface area contributed by atoms with Crippen molar-refractivity contribution in [2.45, 2.75) is 58.9 Å². The molecule has 0 saturated heterocycles. The molecule has 2 nitrogen and oxygen atoms in total. The van der Waals surface area contributed by atoms with Crippen LogP contribution in [0.4, 0.5) is 0 Å². The van der Waals surface area contributed by atoms with Gasteiger partial charge in [0.15, 0.2) is 0 Å². The summed E-state index contributed by atoms with van der Waals surface area (Å²) in [5, 5.41) is 0. The molecular formula is C14H24N2. The maximum atomic E-state index is 5.71. The molecule has 0 aliphatic rings. The second-order valence-electron chi connectivity index (χ2n) is 6.44. The first-order valence-corrected chi connectivity index (χ1v) is 5.86. The third-order valence-electron chi connectivity index (χ3n) is 2.72. The van der Waals surface area contributed by atoms with E-state index < -0.39 is 0 Å². The van der Waals surface area contributed by atoms with Gasteiger partial charge in [0.1, 0.15) is 0 Å². The molecule has 90 valence electrons. The second-order valence-corrected chi connectivity index (χ2v) is 6.44. The number of hydrogen-bond acceptors (Lipinski definition) is 2. The minimum absolute atomic E-state index is 0.0746. The molecule has 0 aliphatic heterocycles. The van der Waals surface area contributed by atoms with E-state index in [1.807, 2.05) is 0 Å². The number of rotatable bonds is 1. The number of nitrogens with two attached hydrogens (primary N) is 1. The molecule has 0 aliphatic carbocycles. The predicted molar refractivity (Wildman–Crippen MR) is 69.5 cm³/mol. The SMILES string of the molecule is CC(C)(C)c1cc(CN)nc(C(C)(C)C)c1. The number of hydrogen-bond donors (Lipinski definition) is 1. The van der Waals surface area contributed by atoms with Gasteiger partial charge >= 0.3 is 0 Å². The fraction of sp³-hybridized carbons (Fsp3) is 0.643. The largest absolute Gasteiger partial charge is 0.325 e. The molecular weight excluding hydrogens is 196 g/mol. The lowest BCUT2D eigenvalue weighted by molar-refractivity contribution is 0.548. The molecule has 2 heteroatoms. The summed E-state index contributed by atoms with van der Waals surface area (Å²) in [6.45, 7) is 13.7. The molecule has 1 aromatic rings. The van der Waals surface area contributed by atoms with Crippen molar-refractivity contribution in [1.29, 1.82) is 0 Å². The molecule has 16 heavy (non-hydrogen) atoms. The highest BCUT2D eigenvalue weighted by molar-refractivity contribution is 5.30. The number of aromatic nitrogens is 1. The summed E-state index contributed by atoms with van der Waals surface area (Å²) in [6, 6.07) is 4.33. The summed E-state index contributed by atoms with van der Waals surface area (Å²) in [4.78, 5) is 4.61. The Balaban J connectivity index is 3.33. The molecule has 0 bridgehead atoms. The average molecular weight is 220 g/mol. The van der Waals surface area contributed by atoms with E-state index in [9.17, 15) is 0 Å². The summed E-state index contributed by atoms with van der Waals surface area (Å²) >= 11 is 0. The molecule has 0 radical (unpaired) electrons. The van der Waals surface area contributed by atoms with Crippen LogP contribution in [0.25, 0.3) is 0 Å². The third-order valence-corrected chi connectivity index (χ3v) is 2.72. The van der Waals surface area contributed by atoms with Crippen LogP contribution in [-0.2, 0) is 17.4 Å². The molecule has 0 aromatic carbocycles. The first-order chi connectivity index (χ1) is 7.14. The van der Waals surface area contributed by atoms with E-state index in [4.69, 9.17) is 5.73 Å². The Morgan fingerprint density at radius 1 is 1.00 bits per heavy atom. The lowest BCUT2D eigenvalue weighted by Crippen LogP contribution is -2.20. The van der Waals surface area contributed by atoms with Gasteiger partial charge in [-0.15, -0.1) is 0 Å². The van der Waals surface area contributed by atoms with Crippen LogP contribution < -0.4 is 5.73 Å². The fourth-order valence-corrected chi connectivity index (χ4v) is 1.51. The summed E-state index contributed by atoms with van der Waals surface area (Å²) < 4.78 is 0. The number of pyridine rings is 1. The molecule has 0 amide bonds. The molecule has 0 saturated carbocycles. The maximum Gasteiger partial charge on any atom is 0.0545 e. The van der Waals surface area contributed by atoms with Gasteiger partial charge in [0.25, 0.3) is 0 Å². The average Bonchev–Trinajstić information content (AvgIpc) is 2.14. The molecule has 0 atom stereocenters. The molecule has 1 heterocycles. The van der Waals surface area contributed by atoms with Crippen molar-refractivity contribution in [3.05, 3.63) is 29.1 Å². The Hall–Kier alpha value is -0.890. The van der Waals surface area contributed by atoms with E-state index in [0.717, 1.165) is 11.4 Å². The van der Waals surface area contributed by atoms with Crippen LogP contribution in [-0.4, -0.2) is 4.98 Å². The summed E-state index contributed by atoms with van der Waals surface area (Å²) in [6.07, 6.45) is 0. The first kappa shape index (κ1) is 13.2. The lowest BCUT2D eigenvalue weighted by atomic mass is 9.83. The predicted octanol–water partition coefficient (Wildman–Crippen LogP) is 3.14. The smallest absolute Gasteiger partial charge is 0.0545 e. The van der Waals surface area contributed by atoms with E-state index >= 15 is 0 Å². The van der Waals surface area contributed by atoms with Crippen molar-refractivity contribution < 1.29 is 0 Å². The van der Waals surface area contributed by atoms with Crippen molar-refractivity contribution in [2.24, 2.45) is 5.73 Å². The van der Waals surface area contributed by atoms with E-state index in [1.54, 1.807) is 0 Å². The maximum absolute atomic E-state index is 5.71. The Morgan fingerprint density at radius 2 is 1.56 bits per heavy atom. The van der Waals surface area contributed by atoms with Gasteiger partial charge in [-0.2, -0.15) is 0 Å². The lowest BCUT2D eigenvalue weighted by Gasteiger charge is -2.25. The van der Waals surface area contributed by atoms with Gasteiger partial charge in [0.05, 0.1) is 5.69 Å². The zero-order valence-electron chi connectivity index (χ0n) is 11.4. The Kier molecular flexibility index (Phi) is 3.44. The third kappa shape index (κ3) is 3.05. The normalized spacial score (nSPS) is 12.9. The molecule has 1 aromatic heterocycles. The molecule has 1 rings (SSSR count). The Bertz CT molecular complexity index is 335. The highest BCUT2D eigenvalue weighted by Gasteiger charge is 2.21. The van der Waals surface area contributed by atoms with Gasteiger partial charge < -0.3 is 5.73 Å². The van der Waals surface area contributed by atoms with Crippen LogP contribution in [0.15, 0.2) is 12.1 Å². The minimum Gasteiger partial charge on any atom is -0.325 e. The first-order valence-electron chi connectivity index (χ1n) is 5.86. The van der Waals surface area contributed by atoms with Gasteiger partial charge in [-0.25, -0.2) is 0 Å². The van der Waals surface area contributed by atoms with Crippen LogP contribution in [0.5, 0.6) is 0 Å². The molecule has 0 unspecified atom stereocenters. The summed E-state index contributed by atoms with van der Waals surface area (Å²) in [5.41, 5.74) is 9.35. The minimum atomic E-state index is 0.0746. The topological polar surface area (TPSA) is 38.9 Å². The van der Waals surface area contributed by atoms with E-state index in [2.05, 4.69) is 58.7 Å². The van der Waals surface area contributed by atoms with E-state index in [0.29, 0.717) is 6.54 Å². The van der Waals surface area contributed by atoms with Crippen LogP contribution in [0, 0.1) is 0 Å². The van der Waals surface area contributed by atoms with Gasteiger partial charge in [-0.3, -0.25) is 4.98 Å². The van der Waals surface area contributed by atoms with Gasteiger partial charge in [0, 0.05) is 17.7 Å². The van der Waals surface area contributed by atoms with E-state index in [1.165, 1.54) is 5.56 Å². The Labute approximate surface area is 99.3 Å². The van der Waals surface area contributed by atoms with Crippen molar-refractivity contribution in [2.75, 3.05) is 0 Å². The van der Waals surface area contributed by atoms with Crippen LogP contribution in [0.3, 0.4) is 0 Å². The zero-order valence-corrected chi connectivity index (χ0v) is 11.4. The second kappa shape index (κ2) is 4.17. The monoisotopic (exact) mass is 220 g/mol. The standard InChI is InChI=1S/C14H24N2/c1-13(2,3)10-7-11(9-15)16-12(8-10)14(4,5)6/h7-8H,9,15H2,1-6H3. The highest BCUT2D eigenvalue weighted by Crippen LogP contribution is 2.28. The van der Waals surface area contributed by atoms with Gasteiger partial charge in [0.2, 0.25) is 0 Å². The fourth-order valence-electron chi connectivity index (χ4n) is 1.51. The number of nitrogens with zero attached hydrogens (tertiary/aromatic N) is 1.